The molecular weight excluding hydrogens is 326 g/mol. The van der Waals surface area contributed by atoms with Crippen molar-refractivity contribution in [3.8, 4) is 0 Å². The van der Waals surface area contributed by atoms with E-state index in [1.807, 2.05) is 37.3 Å². The Balaban J connectivity index is 1.32. The molecule has 1 N–H and O–H groups in total. The quantitative estimate of drug-likeness (QED) is 0.790. The number of rotatable bonds is 6. The molecule has 5 rings (SSSR count). The molecule has 0 heterocycles. The molecule has 4 heteroatoms. The van der Waals surface area contributed by atoms with Crippen LogP contribution in [-0.2, 0) is 14.3 Å². The first-order valence-corrected chi connectivity index (χ1v) is 10.1. The first-order valence-electron chi connectivity index (χ1n) is 10.1. The Morgan fingerprint density at radius 1 is 1.08 bits per heavy atom. The van der Waals surface area contributed by atoms with Crippen molar-refractivity contribution in [2.75, 3.05) is 6.61 Å². The molecule has 4 saturated carbocycles. The average Bonchev–Trinajstić information content (AvgIpc) is 2.60. The maximum Gasteiger partial charge on any atom is 0.313 e. The van der Waals surface area contributed by atoms with Gasteiger partial charge >= 0.3 is 5.97 Å². The Morgan fingerprint density at radius 3 is 2.19 bits per heavy atom. The van der Waals surface area contributed by atoms with Gasteiger partial charge in [-0.05, 0) is 68.3 Å². The fraction of sp³-hybridized carbons (Fsp3) is 0.636. The van der Waals surface area contributed by atoms with Gasteiger partial charge < -0.3 is 10.1 Å². The molecule has 0 unspecified atom stereocenters. The summed E-state index contributed by atoms with van der Waals surface area (Å²) in [6.07, 6.45) is 8.04. The van der Waals surface area contributed by atoms with Crippen LogP contribution in [0.5, 0.6) is 0 Å². The predicted octanol–water partition coefficient (Wildman–Crippen LogP) is 3.81. The van der Waals surface area contributed by atoms with E-state index >= 15 is 0 Å². The minimum absolute atomic E-state index is 0.0260. The highest BCUT2D eigenvalue weighted by molar-refractivity contribution is 5.83. The van der Waals surface area contributed by atoms with E-state index in [4.69, 9.17) is 4.74 Å². The number of amides is 1. The summed E-state index contributed by atoms with van der Waals surface area (Å²) in [5.74, 6) is 1.61. The van der Waals surface area contributed by atoms with Gasteiger partial charge in [-0.15, -0.1) is 0 Å². The smallest absolute Gasteiger partial charge is 0.313 e. The summed E-state index contributed by atoms with van der Waals surface area (Å²) < 4.78 is 5.37. The topological polar surface area (TPSA) is 55.4 Å². The molecule has 26 heavy (non-hydrogen) atoms. The lowest BCUT2D eigenvalue weighted by atomic mass is 9.53. The zero-order valence-corrected chi connectivity index (χ0v) is 15.6. The number of carbonyl (C=O) groups excluding carboxylic acids is 2. The van der Waals surface area contributed by atoms with Crippen LogP contribution in [-0.4, -0.2) is 24.0 Å². The first-order chi connectivity index (χ1) is 12.6. The summed E-state index contributed by atoms with van der Waals surface area (Å²) in [4.78, 5) is 24.9. The van der Waals surface area contributed by atoms with Gasteiger partial charge in [0, 0.05) is 5.54 Å². The molecule has 4 bridgehead atoms. The van der Waals surface area contributed by atoms with Crippen molar-refractivity contribution in [1.29, 1.82) is 0 Å². The molecule has 1 aromatic rings. The number of hydrogen-bond donors (Lipinski definition) is 1. The summed E-state index contributed by atoms with van der Waals surface area (Å²) in [5.41, 5.74) is 0.920. The molecule has 4 aliphatic rings. The van der Waals surface area contributed by atoms with Crippen molar-refractivity contribution >= 4 is 11.9 Å². The SMILES string of the molecule is CC[C@@H](C(=O)OCC(=O)NC12CC3CC(CC(C3)C1)C2)c1ccccc1. The van der Waals surface area contributed by atoms with E-state index in [1.54, 1.807) is 0 Å². The van der Waals surface area contributed by atoms with E-state index in [2.05, 4.69) is 5.32 Å². The second-order valence-corrected chi connectivity index (χ2v) is 8.73. The van der Waals surface area contributed by atoms with E-state index in [0.29, 0.717) is 6.42 Å². The molecular formula is C22H29NO3. The molecule has 0 saturated heterocycles. The Kier molecular flexibility index (Phi) is 4.76. The van der Waals surface area contributed by atoms with Gasteiger partial charge in [0.15, 0.2) is 6.61 Å². The van der Waals surface area contributed by atoms with Crippen LogP contribution in [0.2, 0.25) is 0 Å². The summed E-state index contributed by atoms with van der Waals surface area (Å²) in [6, 6.07) is 9.65. The van der Waals surface area contributed by atoms with Crippen LogP contribution in [0, 0.1) is 17.8 Å². The molecule has 4 nitrogen and oxygen atoms in total. The minimum atomic E-state index is -0.306. The van der Waals surface area contributed by atoms with Crippen molar-refractivity contribution in [3.63, 3.8) is 0 Å². The number of ether oxygens (including phenoxy) is 1. The second kappa shape index (κ2) is 7.05. The Bertz CT molecular complexity index is 634. The average molecular weight is 355 g/mol. The summed E-state index contributed by atoms with van der Waals surface area (Å²) in [7, 11) is 0. The van der Waals surface area contributed by atoms with E-state index in [0.717, 1.165) is 42.6 Å². The van der Waals surface area contributed by atoms with Crippen LogP contribution in [0.4, 0.5) is 0 Å². The number of nitrogens with one attached hydrogen (secondary N) is 1. The van der Waals surface area contributed by atoms with Crippen LogP contribution < -0.4 is 5.32 Å². The molecule has 1 amide bonds. The van der Waals surface area contributed by atoms with Gasteiger partial charge in [0.1, 0.15) is 0 Å². The molecule has 1 atom stereocenters. The standard InChI is InChI=1S/C22H29NO3/c1-2-19(18-6-4-3-5-7-18)21(25)26-14-20(24)23-22-11-15-8-16(12-22)10-17(9-15)13-22/h3-7,15-17,19H,2,8-14H2,1H3,(H,23,24)/t15?,16?,17?,19-,22?/m1/s1. The Hall–Kier alpha value is -1.84. The molecule has 0 spiro atoms. The fourth-order valence-electron chi connectivity index (χ4n) is 6.06. The molecule has 4 fully saturated rings. The normalized spacial score (nSPS) is 32.9. The van der Waals surface area contributed by atoms with Crippen LogP contribution >= 0.6 is 0 Å². The zero-order valence-electron chi connectivity index (χ0n) is 15.6. The van der Waals surface area contributed by atoms with E-state index in [9.17, 15) is 9.59 Å². The summed E-state index contributed by atoms with van der Waals surface area (Å²) >= 11 is 0. The zero-order chi connectivity index (χ0) is 18.1. The summed E-state index contributed by atoms with van der Waals surface area (Å²) in [6.45, 7) is 1.80. The van der Waals surface area contributed by atoms with Crippen LogP contribution in [0.1, 0.15) is 63.4 Å². The molecule has 140 valence electrons. The lowest BCUT2D eigenvalue weighted by Crippen LogP contribution is -2.60. The summed E-state index contributed by atoms with van der Waals surface area (Å²) in [5, 5.41) is 3.26. The van der Waals surface area contributed by atoms with Gasteiger partial charge in [-0.25, -0.2) is 0 Å². The number of carbonyl (C=O) groups is 2. The van der Waals surface area contributed by atoms with Crippen molar-refractivity contribution in [3.05, 3.63) is 35.9 Å². The minimum Gasteiger partial charge on any atom is -0.455 e. The molecule has 0 aliphatic heterocycles. The first kappa shape index (κ1) is 17.6. The van der Waals surface area contributed by atoms with E-state index < -0.39 is 0 Å². The van der Waals surface area contributed by atoms with E-state index in [-0.39, 0.29) is 29.9 Å². The van der Waals surface area contributed by atoms with Gasteiger partial charge in [0.05, 0.1) is 5.92 Å². The van der Waals surface area contributed by atoms with Gasteiger partial charge in [-0.2, -0.15) is 0 Å². The van der Waals surface area contributed by atoms with Crippen molar-refractivity contribution in [2.24, 2.45) is 17.8 Å². The third-order valence-electron chi connectivity index (χ3n) is 6.68. The van der Waals surface area contributed by atoms with Gasteiger partial charge in [-0.3, -0.25) is 9.59 Å². The highest BCUT2D eigenvalue weighted by Gasteiger charge is 2.51. The number of esters is 1. The lowest BCUT2D eigenvalue weighted by Gasteiger charge is -2.56. The fourth-order valence-corrected chi connectivity index (χ4v) is 6.06. The van der Waals surface area contributed by atoms with E-state index in [1.165, 1.54) is 19.3 Å². The van der Waals surface area contributed by atoms with Crippen molar-refractivity contribution < 1.29 is 14.3 Å². The highest BCUT2D eigenvalue weighted by atomic mass is 16.5. The Labute approximate surface area is 155 Å². The van der Waals surface area contributed by atoms with Gasteiger partial charge in [-0.1, -0.05) is 37.3 Å². The van der Waals surface area contributed by atoms with Crippen LogP contribution in [0.25, 0.3) is 0 Å². The molecule has 1 aromatic carbocycles. The lowest BCUT2D eigenvalue weighted by molar-refractivity contribution is -0.151. The highest BCUT2D eigenvalue weighted by Crippen LogP contribution is 2.55. The van der Waals surface area contributed by atoms with Crippen molar-refractivity contribution in [2.45, 2.75) is 63.3 Å². The van der Waals surface area contributed by atoms with Crippen LogP contribution in [0.3, 0.4) is 0 Å². The molecule has 0 aromatic heterocycles. The molecule has 0 radical (unpaired) electrons. The largest absolute Gasteiger partial charge is 0.455 e. The van der Waals surface area contributed by atoms with Gasteiger partial charge in [0.2, 0.25) is 0 Å². The van der Waals surface area contributed by atoms with Gasteiger partial charge in [0.25, 0.3) is 5.91 Å². The van der Waals surface area contributed by atoms with Crippen LogP contribution in [0.15, 0.2) is 30.3 Å². The molecule has 4 aliphatic carbocycles. The number of benzene rings is 1. The van der Waals surface area contributed by atoms with Crippen molar-refractivity contribution in [1.82, 2.24) is 5.32 Å². The monoisotopic (exact) mass is 355 g/mol. The maximum absolute atomic E-state index is 12.5. The third kappa shape index (κ3) is 3.51. The Morgan fingerprint density at radius 2 is 1.65 bits per heavy atom. The third-order valence-corrected chi connectivity index (χ3v) is 6.68. The number of hydrogen-bond acceptors (Lipinski definition) is 3. The maximum atomic E-state index is 12.5. The predicted molar refractivity (Wildman–Crippen MR) is 99.5 cm³/mol. The second-order valence-electron chi connectivity index (χ2n) is 8.73.